The third-order valence-corrected chi connectivity index (χ3v) is 3.98. The number of thiophene rings is 1. The summed E-state index contributed by atoms with van der Waals surface area (Å²) >= 11 is 4.66. The van der Waals surface area contributed by atoms with E-state index in [1.54, 1.807) is 17.4 Å². The van der Waals surface area contributed by atoms with E-state index in [4.69, 9.17) is 0 Å². The van der Waals surface area contributed by atoms with E-state index in [9.17, 15) is 13.2 Å². The maximum absolute atomic E-state index is 12.9. The van der Waals surface area contributed by atoms with E-state index in [1.807, 2.05) is 17.5 Å². The number of hydrogen-bond donors (Lipinski definition) is 1. The molecule has 0 saturated carbocycles. The number of anilines is 1. The van der Waals surface area contributed by atoms with Crippen molar-refractivity contribution in [1.82, 2.24) is 0 Å². The highest BCUT2D eigenvalue weighted by Gasteiger charge is 2.33. The van der Waals surface area contributed by atoms with Crippen molar-refractivity contribution in [1.29, 1.82) is 0 Å². The molecule has 1 nitrogen and oxygen atoms in total. The number of hydrogen-bond acceptors (Lipinski definition) is 2. The summed E-state index contributed by atoms with van der Waals surface area (Å²) < 4.78 is 39.0. The summed E-state index contributed by atoms with van der Waals surface area (Å²) in [4.78, 5) is 1.15. The third-order valence-electron chi connectivity index (χ3n) is 2.55. The Morgan fingerprint density at radius 1 is 1.21 bits per heavy atom. The molecular formula is C13H11BrF3NS. The van der Waals surface area contributed by atoms with Crippen LogP contribution >= 0.6 is 27.3 Å². The Bertz CT molecular complexity index is 537. The summed E-state index contributed by atoms with van der Waals surface area (Å²) in [5, 5.41) is 4.81. The molecule has 1 heterocycles. The molecule has 0 bridgehead atoms. The lowest BCUT2D eigenvalue weighted by atomic mass is 10.1. The molecule has 1 aromatic heterocycles. The molecule has 0 aliphatic heterocycles. The Kier molecular flexibility index (Phi) is 4.52. The average Bonchev–Trinajstić information content (AvgIpc) is 2.83. The van der Waals surface area contributed by atoms with Crippen LogP contribution in [0.25, 0.3) is 0 Å². The van der Waals surface area contributed by atoms with Crippen LogP contribution in [0.1, 0.15) is 10.4 Å². The second-order valence-electron chi connectivity index (χ2n) is 3.94. The maximum Gasteiger partial charge on any atom is 0.418 e. The van der Waals surface area contributed by atoms with Crippen LogP contribution in [0.2, 0.25) is 0 Å². The smallest absolute Gasteiger partial charge is 0.384 e. The van der Waals surface area contributed by atoms with Gasteiger partial charge >= 0.3 is 6.18 Å². The van der Waals surface area contributed by atoms with Gasteiger partial charge in [0.05, 0.1) is 5.56 Å². The topological polar surface area (TPSA) is 12.0 Å². The van der Waals surface area contributed by atoms with Crippen LogP contribution in [-0.2, 0) is 12.6 Å². The zero-order valence-electron chi connectivity index (χ0n) is 9.80. The molecule has 0 fully saturated rings. The molecule has 2 aromatic rings. The first kappa shape index (κ1) is 14.4. The Morgan fingerprint density at radius 2 is 2.00 bits per heavy atom. The molecule has 2 rings (SSSR count). The van der Waals surface area contributed by atoms with Crippen LogP contribution in [0.15, 0.2) is 40.2 Å². The van der Waals surface area contributed by atoms with Gasteiger partial charge in [0, 0.05) is 21.6 Å². The molecule has 0 saturated heterocycles. The van der Waals surface area contributed by atoms with Crippen molar-refractivity contribution in [3.63, 3.8) is 0 Å². The van der Waals surface area contributed by atoms with Crippen molar-refractivity contribution in [3.05, 3.63) is 50.6 Å². The Hall–Kier alpha value is -1.01. The molecule has 0 unspecified atom stereocenters. The highest BCUT2D eigenvalue weighted by Crippen LogP contribution is 2.36. The first-order valence-corrected chi connectivity index (χ1v) is 7.27. The highest BCUT2D eigenvalue weighted by atomic mass is 79.9. The first-order valence-electron chi connectivity index (χ1n) is 5.60. The molecule has 0 aliphatic carbocycles. The number of halogens is 4. The molecule has 0 aliphatic rings. The van der Waals surface area contributed by atoms with Crippen molar-refractivity contribution in [3.8, 4) is 0 Å². The summed E-state index contributed by atoms with van der Waals surface area (Å²) in [6.45, 7) is 0.477. The van der Waals surface area contributed by atoms with Crippen molar-refractivity contribution in [2.24, 2.45) is 0 Å². The monoisotopic (exact) mass is 349 g/mol. The van der Waals surface area contributed by atoms with Gasteiger partial charge in [-0.1, -0.05) is 22.0 Å². The van der Waals surface area contributed by atoms with E-state index in [1.165, 1.54) is 6.07 Å². The molecule has 1 N–H and O–H groups in total. The van der Waals surface area contributed by atoms with Crippen molar-refractivity contribution >= 4 is 33.0 Å². The summed E-state index contributed by atoms with van der Waals surface area (Å²) in [5.74, 6) is 0. The maximum atomic E-state index is 12.9. The summed E-state index contributed by atoms with van der Waals surface area (Å²) in [5.41, 5.74) is -0.527. The first-order chi connectivity index (χ1) is 8.97. The van der Waals surface area contributed by atoms with E-state index in [0.717, 1.165) is 10.9 Å². The Labute approximate surface area is 121 Å². The second kappa shape index (κ2) is 5.96. The molecule has 19 heavy (non-hydrogen) atoms. The van der Waals surface area contributed by atoms with Gasteiger partial charge in [-0.2, -0.15) is 13.2 Å². The van der Waals surface area contributed by atoms with Gasteiger partial charge in [-0.3, -0.25) is 0 Å². The SMILES string of the molecule is FC(F)(F)c1cc(Br)ccc1NCCc1cccs1. The minimum Gasteiger partial charge on any atom is -0.384 e. The molecule has 0 radical (unpaired) electrons. The summed E-state index contributed by atoms with van der Waals surface area (Å²) in [7, 11) is 0. The Morgan fingerprint density at radius 3 is 2.63 bits per heavy atom. The number of benzene rings is 1. The van der Waals surface area contributed by atoms with Gasteiger partial charge in [0.1, 0.15) is 0 Å². The normalized spacial score (nSPS) is 11.6. The minimum absolute atomic E-state index is 0.118. The number of alkyl halides is 3. The van der Waals surface area contributed by atoms with Gasteiger partial charge in [-0.25, -0.2) is 0 Å². The van der Waals surface area contributed by atoms with Crippen LogP contribution in [0.4, 0.5) is 18.9 Å². The van der Waals surface area contributed by atoms with Crippen LogP contribution in [0, 0.1) is 0 Å². The fourth-order valence-electron chi connectivity index (χ4n) is 1.68. The molecule has 1 aromatic carbocycles. The third kappa shape index (κ3) is 3.98. The quantitative estimate of drug-likeness (QED) is 0.801. The molecule has 0 amide bonds. The van der Waals surface area contributed by atoms with Gasteiger partial charge < -0.3 is 5.32 Å². The van der Waals surface area contributed by atoms with E-state index in [-0.39, 0.29) is 5.69 Å². The minimum atomic E-state index is -4.35. The molecular weight excluding hydrogens is 339 g/mol. The van der Waals surface area contributed by atoms with Crippen LogP contribution < -0.4 is 5.32 Å². The van der Waals surface area contributed by atoms with E-state index in [0.29, 0.717) is 17.4 Å². The predicted molar refractivity (Wildman–Crippen MR) is 75.7 cm³/mol. The lowest BCUT2D eigenvalue weighted by molar-refractivity contribution is -0.137. The van der Waals surface area contributed by atoms with E-state index < -0.39 is 11.7 Å². The van der Waals surface area contributed by atoms with Gasteiger partial charge in [0.25, 0.3) is 0 Å². The van der Waals surface area contributed by atoms with E-state index in [2.05, 4.69) is 21.2 Å². The zero-order chi connectivity index (χ0) is 13.9. The summed E-state index contributed by atoms with van der Waals surface area (Å²) in [6.07, 6.45) is -3.64. The van der Waals surface area contributed by atoms with Crippen molar-refractivity contribution in [2.75, 3.05) is 11.9 Å². The van der Waals surface area contributed by atoms with Crippen LogP contribution in [-0.4, -0.2) is 6.54 Å². The number of rotatable bonds is 4. The standard InChI is InChI=1S/C13H11BrF3NS/c14-9-3-4-12(11(8-9)13(15,16)17)18-6-5-10-2-1-7-19-10/h1-4,7-8,18H,5-6H2. The zero-order valence-corrected chi connectivity index (χ0v) is 12.2. The van der Waals surface area contributed by atoms with E-state index >= 15 is 0 Å². The lowest BCUT2D eigenvalue weighted by Gasteiger charge is -2.14. The predicted octanol–water partition coefficient (Wildman–Crippen LogP) is 5.18. The van der Waals surface area contributed by atoms with Gasteiger partial charge in [-0.05, 0) is 36.1 Å². The van der Waals surface area contributed by atoms with Crippen LogP contribution in [0.3, 0.4) is 0 Å². The molecule has 0 atom stereocenters. The van der Waals surface area contributed by atoms with Crippen LogP contribution in [0.5, 0.6) is 0 Å². The fraction of sp³-hybridized carbons (Fsp3) is 0.231. The second-order valence-corrected chi connectivity index (χ2v) is 5.89. The largest absolute Gasteiger partial charge is 0.418 e. The lowest BCUT2D eigenvalue weighted by Crippen LogP contribution is -2.12. The van der Waals surface area contributed by atoms with Crippen molar-refractivity contribution in [2.45, 2.75) is 12.6 Å². The molecule has 6 heteroatoms. The van der Waals surface area contributed by atoms with Gasteiger partial charge in [-0.15, -0.1) is 11.3 Å². The average molecular weight is 350 g/mol. The van der Waals surface area contributed by atoms with Crippen molar-refractivity contribution < 1.29 is 13.2 Å². The highest BCUT2D eigenvalue weighted by molar-refractivity contribution is 9.10. The number of nitrogens with one attached hydrogen (secondary N) is 1. The Balaban J connectivity index is 2.07. The fourth-order valence-corrected chi connectivity index (χ4v) is 2.75. The molecule has 0 spiro atoms. The molecule has 102 valence electrons. The van der Waals surface area contributed by atoms with Gasteiger partial charge in [0.15, 0.2) is 0 Å². The summed E-state index contributed by atoms with van der Waals surface area (Å²) in [6, 6.07) is 8.04. The van der Waals surface area contributed by atoms with Gasteiger partial charge in [0.2, 0.25) is 0 Å².